The van der Waals surface area contributed by atoms with E-state index < -0.39 is 0 Å². The second-order valence-corrected chi connectivity index (χ2v) is 16.5. The Bertz CT molecular complexity index is 3050. The Morgan fingerprint density at radius 1 is 0.352 bits per heavy atom. The van der Waals surface area contributed by atoms with Crippen LogP contribution in [0.15, 0.2) is 158 Å². The van der Waals surface area contributed by atoms with Gasteiger partial charge in [0.15, 0.2) is 0 Å². The summed E-state index contributed by atoms with van der Waals surface area (Å²) in [7, 11) is 0. The SMILES string of the molecule is CC1(C)c2ccccc2-c2ccc3c(c21)c1ccccc1n3-c1ccc2cc(-n3c4ccccc4c4c5c(ccc43)-c3ccccc3C5(C)C)ccc2c1. The summed E-state index contributed by atoms with van der Waals surface area (Å²) in [6.07, 6.45) is 0. The van der Waals surface area contributed by atoms with Crippen LogP contribution < -0.4 is 0 Å². The van der Waals surface area contributed by atoms with E-state index in [9.17, 15) is 0 Å². The van der Waals surface area contributed by atoms with Crippen LogP contribution in [0.1, 0.15) is 49.9 Å². The van der Waals surface area contributed by atoms with Gasteiger partial charge in [-0.1, -0.05) is 137 Å². The fraction of sp³-hybridized carbons (Fsp3) is 0.115. The molecular weight excluding hydrogens is 653 g/mol. The molecule has 0 amide bonds. The Kier molecular flexibility index (Phi) is 5.68. The number of hydrogen-bond donors (Lipinski definition) is 0. The minimum atomic E-state index is -0.0905. The zero-order valence-corrected chi connectivity index (χ0v) is 30.9. The van der Waals surface area contributed by atoms with Gasteiger partial charge in [0.05, 0.1) is 22.1 Å². The Labute approximate surface area is 314 Å². The molecule has 0 aliphatic heterocycles. The van der Waals surface area contributed by atoms with E-state index in [0.29, 0.717) is 0 Å². The van der Waals surface area contributed by atoms with Gasteiger partial charge in [0, 0.05) is 43.7 Å². The van der Waals surface area contributed by atoms with E-state index in [0.717, 1.165) is 0 Å². The van der Waals surface area contributed by atoms with Crippen molar-refractivity contribution in [3.63, 3.8) is 0 Å². The molecule has 12 rings (SSSR count). The molecular formula is C52H38N2. The molecule has 2 aromatic heterocycles. The monoisotopic (exact) mass is 690 g/mol. The molecule has 0 spiro atoms. The van der Waals surface area contributed by atoms with Crippen molar-refractivity contribution in [1.29, 1.82) is 0 Å². The van der Waals surface area contributed by atoms with Crippen LogP contribution in [0.4, 0.5) is 0 Å². The van der Waals surface area contributed by atoms with E-state index in [4.69, 9.17) is 0 Å². The lowest BCUT2D eigenvalue weighted by Gasteiger charge is -2.22. The van der Waals surface area contributed by atoms with E-state index in [1.54, 1.807) is 0 Å². The summed E-state index contributed by atoms with van der Waals surface area (Å²) in [4.78, 5) is 0. The molecule has 2 aliphatic carbocycles. The zero-order chi connectivity index (χ0) is 36.1. The molecule has 0 N–H and O–H groups in total. The van der Waals surface area contributed by atoms with Gasteiger partial charge in [-0.25, -0.2) is 0 Å². The van der Waals surface area contributed by atoms with Crippen LogP contribution in [-0.2, 0) is 10.8 Å². The first-order valence-electron chi connectivity index (χ1n) is 19.2. The number of fused-ring (bicyclic) bond motifs is 15. The van der Waals surface area contributed by atoms with Crippen molar-refractivity contribution in [2.45, 2.75) is 38.5 Å². The molecule has 2 heteroatoms. The van der Waals surface area contributed by atoms with Crippen LogP contribution in [0.25, 0.3) is 88.0 Å². The maximum atomic E-state index is 2.48. The van der Waals surface area contributed by atoms with Crippen LogP contribution in [0.2, 0.25) is 0 Å². The van der Waals surface area contributed by atoms with Crippen LogP contribution in [0.5, 0.6) is 0 Å². The molecule has 2 aliphatic rings. The second-order valence-electron chi connectivity index (χ2n) is 16.5. The minimum absolute atomic E-state index is 0.0905. The number of para-hydroxylation sites is 2. The molecule has 2 heterocycles. The standard InChI is InChI=1S/C52H38N2/c1-51(2)41-17-9-5-13-35(41)37-25-27-45-47(49(37)51)39-15-7-11-19-43(39)53(45)33-23-21-32-30-34(24-22-31(32)29-33)54-44-20-12-8-16-40(44)48-46(54)28-26-38-36-14-6-10-18-42(36)52(3,4)50(38)48/h5-30H,1-4H3. The van der Waals surface area contributed by atoms with Gasteiger partial charge in [-0.05, 0) is 104 Å². The van der Waals surface area contributed by atoms with Crippen LogP contribution in [-0.4, -0.2) is 9.13 Å². The minimum Gasteiger partial charge on any atom is -0.309 e. The first-order valence-corrected chi connectivity index (χ1v) is 19.2. The number of benzene rings is 8. The molecule has 0 saturated carbocycles. The Morgan fingerprint density at radius 3 is 1.22 bits per heavy atom. The van der Waals surface area contributed by atoms with Crippen molar-refractivity contribution in [3.8, 4) is 33.6 Å². The van der Waals surface area contributed by atoms with E-state index in [2.05, 4.69) is 195 Å². The first-order chi connectivity index (χ1) is 26.3. The Morgan fingerprint density at radius 2 is 0.759 bits per heavy atom. The lowest BCUT2D eigenvalue weighted by atomic mass is 9.80. The van der Waals surface area contributed by atoms with Crippen molar-refractivity contribution >= 4 is 54.4 Å². The smallest absolute Gasteiger partial charge is 0.0544 e. The maximum absolute atomic E-state index is 2.48. The molecule has 0 radical (unpaired) electrons. The number of rotatable bonds is 2. The Hall–Kier alpha value is -6.38. The fourth-order valence-electron chi connectivity index (χ4n) is 10.7. The van der Waals surface area contributed by atoms with E-state index in [1.807, 2.05) is 0 Å². The molecule has 0 fully saturated rings. The Balaban J connectivity index is 1.04. The summed E-state index contributed by atoms with van der Waals surface area (Å²) in [5, 5.41) is 7.81. The third-order valence-corrected chi connectivity index (χ3v) is 13.0. The van der Waals surface area contributed by atoms with Crippen molar-refractivity contribution < 1.29 is 0 Å². The first kappa shape index (κ1) is 30.1. The summed E-state index contributed by atoms with van der Waals surface area (Å²) in [6, 6.07) is 59.2. The van der Waals surface area contributed by atoms with Gasteiger partial charge in [0.2, 0.25) is 0 Å². The quantitative estimate of drug-likeness (QED) is 0.171. The van der Waals surface area contributed by atoms with Gasteiger partial charge in [-0.2, -0.15) is 0 Å². The van der Waals surface area contributed by atoms with E-state index in [-0.39, 0.29) is 10.8 Å². The predicted octanol–water partition coefficient (Wildman–Crippen LogP) is 13.6. The van der Waals surface area contributed by atoms with Gasteiger partial charge in [0.1, 0.15) is 0 Å². The highest BCUT2D eigenvalue weighted by atomic mass is 15.0. The molecule has 54 heavy (non-hydrogen) atoms. The summed E-state index contributed by atoms with van der Waals surface area (Å²) in [5.74, 6) is 0. The fourth-order valence-corrected chi connectivity index (χ4v) is 10.7. The maximum Gasteiger partial charge on any atom is 0.0544 e. The van der Waals surface area contributed by atoms with E-state index in [1.165, 1.54) is 110 Å². The van der Waals surface area contributed by atoms with Gasteiger partial charge >= 0.3 is 0 Å². The largest absolute Gasteiger partial charge is 0.309 e. The molecule has 8 aromatic carbocycles. The van der Waals surface area contributed by atoms with Crippen molar-refractivity contribution in [3.05, 3.63) is 180 Å². The summed E-state index contributed by atoms with van der Waals surface area (Å²) < 4.78 is 4.95. The number of hydrogen-bond acceptors (Lipinski definition) is 0. The summed E-state index contributed by atoms with van der Waals surface area (Å²) >= 11 is 0. The molecule has 256 valence electrons. The van der Waals surface area contributed by atoms with Crippen LogP contribution >= 0.6 is 0 Å². The summed E-state index contributed by atoms with van der Waals surface area (Å²) in [6.45, 7) is 9.56. The molecule has 0 bridgehead atoms. The van der Waals surface area contributed by atoms with Gasteiger partial charge in [0.25, 0.3) is 0 Å². The molecule has 10 aromatic rings. The summed E-state index contributed by atoms with van der Waals surface area (Å²) in [5.41, 5.74) is 18.3. The lowest BCUT2D eigenvalue weighted by molar-refractivity contribution is 0.666. The average Bonchev–Trinajstić information content (AvgIpc) is 3.86. The number of aromatic nitrogens is 2. The molecule has 2 nitrogen and oxygen atoms in total. The van der Waals surface area contributed by atoms with Crippen molar-refractivity contribution in [2.24, 2.45) is 0 Å². The predicted molar refractivity (Wildman–Crippen MR) is 228 cm³/mol. The number of nitrogens with zero attached hydrogens (tertiary/aromatic N) is 2. The second kappa shape index (κ2) is 10.2. The molecule has 0 atom stereocenters. The molecule has 0 saturated heterocycles. The highest BCUT2D eigenvalue weighted by Crippen LogP contribution is 2.55. The molecule has 0 unspecified atom stereocenters. The zero-order valence-electron chi connectivity index (χ0n) is 30.9. The third kappa shape index (κ3) is 3.66. The van der Waals surface area contributed by atoms with Crippen LogP contribution in [0.3, 0.4) is 0 Å². The highest BCUT2D eigenvalue weighted by molar-refractivity contribution is 6.16. The highest BCUT2D eigenvalue weighted by Gasteiger charge is 2.39. The lowest BCUT2D eigenvalue weighted by Crippen LogP contribution is -2.15. The van der Waals surface area contributed by atoms with Gasteiger partial charge < -0.3 is 9.13 Å². The normalized spacial score (nSPS) is 15.0. The van der Waals surface area contributed by atoms with Crippen molar-refractivity contribution in [1.82, 2.24) is 9.13 Å². The third-order valence-electron chi connectivity index (χ3n) is 13.0. The van der Waals surface area contributed by atoms with E-state index >= 15 is 0 Å². The van der Waals surface area contributed by atoms with Gasteiger partial charge in [-0.15, -0.1) is 0 Å². The van der Waals surface area contributed by atoms with Crippen molar-refractivity contribution in [2.75, 3.05) is 0 Å². The van der Waals surface area contributed by atoms with Crippen LogP contribution in [0, 0.1) is 0 Å². The topological polar surface area (TPSA) is 9.86 Å². The van der Waals surface area contributed by atoms with Gasteiger partial charge in [-0.3, -0.25) is 0 Å². The average molecular weight is 691 g/mol.